The summed E-state index contributed by atoms with van der Waals surface area (Å²) < 4.78 is 0. The molecule has 1 saturated heterocycles. The van der Waals surface area contributed by atoms with Gasteiger partial charge in [0.05, 0.1) is 0 Å². The lowest BCUT2D eigenvalue weighted by molar-refractivity contribution is 0.155. The third-order valence-corrected chi connectivity index (χ3v) is 4.86. The highest BCUT2D eigenvalue weighted by Gasteiger charge is 2.24. The average Bonchev–Trinajstić information content (AvgIpc) is 2.98. The van der Waals surface area contributed by atoms with E-state index in [4.69, 9.17) is 0 Å². The molecule has 3 rings (SSSR count). The summed E-state index contributed by atoms with van der Waals surface area (Å²) in [6.45, 7) is 4.02. The van der Waals surface area contributed by atoms with Crippen LogP contribution in [0.2, 0.25) is 0 Å². The number of halogens is 1. The van der Waals surface area contributed by atoms with Crippen molar-refractivity contribution < 1.29 is 0 Å². The lowest BCUT2D eigenvalue weighted by Crippen LogP contribution is -2.45. The summed E-state index contributed by atoms with van der Waals surface area (Å²) in [5.74, 6) is 0. The zero-order chi connectivity index (χ0) is 14.7. The zero-order valence-corrected chi connectivity index (χ0v) is 14.5. The van der Waals surface area contributed by atoms with Crippen LogP contribution in [-0.2, 0) is 6.54 Å². The molecule has 2 aromatic rings. The molecule has 0 aliphatic carbocycles. The van der Waals surface area contributed by atoms with Crippen LogP contribution < -0.4 is 10.2 Å². The van der Waals surface area contributed by atoms with E-state index >= 15 is 0 Å². The van der Waals surface area contributed by atoms with Gasteiger partial charge < -0.3 is 10.2 Å². The molecule has 120 valence electrons. The van der Waals surface area contributed by atoms with Crippen LogP contribution in [0.25, 0.3) is 0 Å². The van der Waals surface area contributed by atoms with Gasteiger partial charge in [-0.15, -0.1) is 23.7 Å². The van der Waals surface area contributed by atoms with Crippen LogP contribution in [0, 0.1) is 0 Å². The van der Waals surface area contributed by atoms with Gasteiger partial charge in [0.25, 0.3) is 0 Å². The second-order valence-electron chi connectivity index (χ2n) is 5.48. The van der Waals surface area contributed by atoms with Crippen molar-refractivity contribution in [1.29, 1.82) is 0 Å². The van der Waals surface area contributed by atoms with E-state index in [1.807, 2.05) is 38.8 Å². The van der Waals surface area contributed by atoms with Gasteiger partial charge in [0.15, 0.2) is 5.13 Å². The lowest BCUT2D eigenvalue weighted by Gasteiger charge is -2.35. The Balaban J connectivity index is 0.00000176. The molecule has 1 aliphatic rings. The van der Waals surface area contributed by atoms with E-state index in [2.05, 4.69) is 31.2 Å². The molecule has 0 spiro atoms. The molecule has 7 heteroatoms. The van der Waals surface area contributed by atoms with E-state index < -0.39 is 0 Å². The highest BCUT2D eigenvalue weighted by atomic mass is 35.5. The molecular weight excluding hydrogens is 318 g/mol. The molecule has 0 saturated carbocycles. The van der Waals surface area contributed by atoms with Crippen molar-refractivity contribution in [2.75, 3.05) is 38.6 Å². The molecule has 1 atom stereocenters. The summed E-state index contributed by atoms with van der Waals surface area (Å²) in [7, 11) is 4.07. The first-order valence-corrected chi connectivity index (χ1v) is 8.02. The van der Waals surface area contributed by atoms with E-state index in [-0.39, 0.29) is 12.4 Å². The van der Waals surface area contributed by atoms with E-state index in [0.29, 0.717) is 6.04 Å². The van der Waals surface area contributed by atoms with Gasteiger partial charge in [-0.1, -0.05) is 6.07 Å². The summed E-state index contributed by atoms with van der Waals surface area (Å²) in [6.07, 6.45) is 5.81. The van der Waals surface area contributed by atoms with Crippen LogP contribution in [0.1, 0.15) is 16.5 Å². The van der Waals surface area contributed by atoms with Gasteiger partial charge in [0.1, 0.15) is 0 Å². The maximum absolute atomic E-state index is 4.47. The number of thiazole rings is 1. The Morgan fingerprint density at radius 3 is 2.95 bits per heavy atom. The molecule has 22 heavy (non-hydrogen) atoms. The second-order valence-corrected chi connectivity index (χ2v) is 6.57. The number of hydrogen-bond acceptors (Lipinski definition) is 6. The molecule has 1 N–H and O–H groups in total. The number of piperazine rings is 1. The summed E-state index contributed by atoms with van der Waals surface area (Å²) in [5.41, 5.74) is 1.28. The lowest BCUT2D eigenvalue weighted by atomic mass is 10.1. The SMILES string of the molecule is CN(C)c1ncc(CN2CCNCC2c2cccnc2)s1.Cl. The molecule has 5 nitrogen and oxygen atoms in total. The van der Waals surface area contributed by atoms with E-state index in [0.717, 1.165) is 31.3 Å². The first kappa shape index (κ1) is 17.1. The number of pyridine rings is 1. The van der Waals surface area contributed by atoms with E-state index in [1.165, 1.54) is 10.4 Å². The molecule has 2 aromatic heterocycles. The Kier molecular flexibility index (Phi) is 6.14. The van der Waals surface area contributed by atoms with Crippen LogP contribution in [0.5, 0.6) is 0 Å². The normalized spacial score (nSPS) is 18.7. The highest BCUT2D eigenvalue weighted by molar-refractivity contribution is 7.15. The number of nitrogens with one attached hydrogen (secondary N) is 1. The minimum atomic E-state index is 0. The Morgan fingerprint density at radius 2 is 2.27 bits per heavy atom. The Bertz CT molecular complexity index is 574. The summed E-state index contributed by atoms with van der Waals surface area (Å²) >= 11 is 1.77. The first-order valence-electron chi connectivity index (χ1n) is 7.21. The summed E-state index contributed by atoms with van der Waals surface area (Å²) in [6, 6.07) is 4.56. The number of nitrogens with zero attached hydrogens (tertiary/aromatic N) is 4. The summed E-state index contributed by atoms with van der Waals surface area (Å²) in [4.78, 5) is 14.6. The fourth-order valence-electron chi connectivity index (χ4n) is 2.61. The summed E-state index contributed by atoms with van der Waals surface area (Å²) in [5, 5.41) is 4.55. The van der Waals surface area contributed by atoms with Crippen LogP contribution in [0.15, 0.2) is 30.7 Å². The Hall–Kier alpha value is -1.21. The number of aromatic nitrogens is 2. The number of hydrogen-bond donors (Lipinski definition) is 1. The van der Waals surface area contributed by atoms with Crippen molar-refractivity contribution in [2.24, 2.45) is 0 Å². The third kappa shape index (κ3) is 3.95. The van der Waals surface area contributed by atoms with Crippen molar-refractivity contribution in [1.82, 2.24) is 20.2 Å². The molecule has 0 bridgehead atoms. The minimum absolute atomic E-state index is 0. The predicted octanol–water partition coefficient (Wildman–Crippen LogP) is 2.17. The quantitative estimate of drug-likeness (QED) is 0.925. The highest BCUT2D eigenvalue weighted by Crippen LogP contribution is 2.27. The van der Waals surface area contributed by atoms with Crippen molar-refractivity contribution >= 4 is 28.9 Å². The molecule has 0 radical (unpaired) electrons. The van der Waals surface area contributed by atoms with Gasteiger partial charge in [-0.2, -0.15) is 0 Å². The van der Waals surface area contributed by atoms with Gasteiger partial charge in [-0.3, -0.25) is 9.88 Å². The fourth-order valence-corrected chi connectivity index (χ4v) is 3.47. The van der Waals surface area contributed by atoms with Gasteiger partial charge in [-0.05, 0) is 11.6 Å². The minimum Gasteiger partial charge on any atom is -0.354 e. The average molecular weight is 340 g/mol. The van der Waals surface area contributed by atoms with Crippen LogP contribution in [0.3, 0.4) is 0 Å². The maximum atomic E-state index is 4.47. The zero-order valence-electron chi connectivity index (χ0n) is 12.9. The fraction of sp³-hybridized carbons (Fsp3) is 0.467. The molecule has 3 heterocycles. The topological polar surface area (TPSA) is 44.3 Å². The second kappa shape index (κ2) is 7.87. The van der Waals surface area contributed by atoms with Gasteiger partial charge in [0.2, 0.25) is 0 Å². The Labute approximate surface area is 141 Å². The number of anilines is 1. The molecule has 1 aliphatic heterocycles. The van der Waals surface area contributed by atoms with Crippen molar-refractivity contribution in [2.45, 2.75) is 12.6 Å². The molecule has 1 fully saturated rings. The van der Waals surface area contributed by atoms with Gasteiger partial charge in [-0.25, -0.2) is 4.98 Å². The first-order chi connectivity index (χ1) is 10.2. The molecule has 1 unspecified atom stereocenters. The van der Waals surface area contributed by atoms with Gasteiger partial charge in [0, 0.05) is 69.8 Å². The smallest absolute Gasteiger partial charge is 0.185 e. The predicted molar refractivity (Wildman–Crippen MR) is 93.9 cm³/mol. The van der Waals surface area contributed by atoms with Crippen molar-refractivity contribution in [3.05, 3.63) is 41.2 Å². The molecule has 0 aromatic carbocycles. The number of rotatable bonds is 4. The van der Waals surface area contributed by atoms with Gasteiger partial charge >= 0.3 is 0 Å². The molecular formula is C15H22ClN5S. The monoisotopic (exact) mass is 339 g/mol. The standard InChI is InChI=1S/C15H21N5S.ClH/c1-19(2)15-18-9-13(21-15)11-20-7-6-17-10-14(20)12-4-3-5-16-8-12;/h3-5,8-9,14,17H,6-7,10-11H2,1-2H3;1H. The maximum Gasteiger partial charge on any atom is 0.185 e. The van der Waals surface area contributed by atoms with Crippen LogP contribution in [-0.4, -0.2) is 48.6 Å². The van der Waals surface area contributed by atoms with Crippen LogP contribution in [0.4, 0.5) is 5.13 Å². The van der Waals surface area contributed by atoms with Crippen LogP contribution >= 0.6 is 23.7 Å². The van der Waals surface area contributed by atoms with E-state index in [9.17, 15) is 0 Å². The molecule has 0 amide bonds. The Morgan fingerprint density at radius 1 is 1.41 bits per heavy atom. The van der Waals surface area contributed by atoms with Crippen molar-refractivity contribution in [3.8, 4) is 0 Å². The van der Waals surface area contributed by atoms with E-state index in [1.54, 1.807) is 11.3 Å². The largest absolute Gasteiger partial charge is 0.354 e. The third-order valence-electron chi connectivity index (χ3n) is 3.71. The van der Waals surface area contributed by atoms with Crippen molar-refractivity contribution in [3.63, 3.8) is 0 Å².